The van der Waals surface area contributed by atoms with Crippen LogP contribution < -0.4 is 15.1 Å². The van der Waals surface area contributed by atoms with Crippen LogP contribution in [0.5, 0.6) is 0 Å². The summed E-state index contributed by atoms with van der Waals surface area (Å²) < 4.78 is 0. The molecule has 1 saturated heterocycles. The highest BCUT2D eigenvalue weighted by Crippen LogP contribution is 2.17. The van der Waals surface area contributed by atoms with Crippen molar-refractivity contribution >= 4 is 23.4 Å². The molecule has 0 radical (unpaired) electrons. The lowest BCUT2D eigenvalue weighted by Crippen LogP contribution is -2.47. The smallest absolute Gasteiger partial charge is 0.247 e. The number of hydrogen-bond acceptors (Lipinski definition) is 8. The Balaban J connectivity index is 1.42. The van der Waals surface area contributed by atoms with Crippen LogP contribution in [0.25, 0.3) is 0 Å². The zero-order chi connectivity index (χ0) is 16.9. The predicted molar refractivity (Wildman–Crippen MR) is 96.0 cm³/mol. The van der Waals surface area contributed by atoms with Gasteiger partial charge in [0, 0.05) is 44.3 Å². The Labute approximate surface area is 145 Å². The van der Waals surface area contributed by atoms with E-state index < -0.39 is 0 Å². The van der Waals surface area contributed by atoms with Crippen molar-refractivity contribution in [3.05, 3.63) is 55.0 Å². The highest BCUT2D eigenvalue weighted by molar-refractivity contribution is 5.56. The SMILES string of the molecule is c1ccc(Nc2cnnc(N3CCN(c4ncccn4)CC3)n2)cc1. The minimum Gasteiger partial charge on any atom is -0.339 e. The third kappa shape index (κ3) is 3.63. The highest BCUT2D eigenvalue weighted by atomic mass is 15.4. The van der Waals surface area contributed by atoms with E-state index in [4.69, 9.17) is 0 Å². The molecular weight excluding hydrogens is 316 g/mol. The molecule has 1 aliphatic rings. The Kier molecular flexibility index (Phi) is 4.32. The molecule has 4 rings (SSSR count). The third-order valence-corrected chi connectivity index (χ3v) is 3.99. The summed E-state index contributed by atoms with van der Waals surface area (Å²) in [6.07, 6.45) is 5.16. The Morgan fingerprint density at radius 2 is 1.48 bits per heavy atom. The van der Waals surface area contributed by atoms with Gasteiger partial charge in [-0.15, -0.1) is 5.10 Å². The lowest BCUT2D eigenvalue weighted by Gasteiger charge is -2.34. The summed E-state index contributed by atoms with van der Waals surface area (Å²) >= 11 is 0. The molecule has 1 aliphatic heterocycles. The number of para-hydroxylation sites is 1. The second-order valence-corrected chi connectivity index (χ2v) is 5.66. The van der Waals surface area contributed by atoms with Crippen LogP contribution >= 0.6 is 0 Å². The van der Waals surface area contributed by atoms with E-state index >= 15 is 0 Å². The molecular formula is C17H18N8. The number of hydrogen-bond donors (Lipinski definition) is 1. The van der Waals surface area contributed by atoms with E-state index in [0.717, 1.165) is 37.8 Å². The highest BCUT2D eigenvalue weighted by Gasteiger charge is 2.21. The van der Waals surface area contributed by atoms with E-state index in [0.29, 0.717) is 11.8 Å². The van der Waals surface area contributed by atoms with Crippen molar-refractivity contribution in [2.45, 2.75) is 0 Å². The molecule has 2 aromatic heterocycles. The van der Waals surface area contributed by atoms with E-state index in [1.54, 1.807) is 18.6 Å². The summed E-state index contributed by atoms with van der Waals surface area (Å²) in [5.41, 5.74) is 0.972. The minimum absolute atomic E-state index is 0.634. The van der Waals surface area contributed by atoms with E-state index in [1.165, 1.54) is 0 Å². The van der Waals surface area contributed by atoms with E-state index in [9.17, 15) is 0 Å². The molecule has 8 heteroatoms. The summed E-state index contributed by atoms with van der Waals surface area (Å²) in [4.78, 5) is 17.5. The maximum Gasteiger partial charge on any atom is 0.247 e. The van der Waals surface area contributed by atoms with Gasteiger partial charge in [0.25, 0.3) is 0 Å². The van der Waals surface area contributed by atoms with Crippen LogP contribution in [0, 0.1) is 0 Å². The number of rotatable bonds is 4. The third-order valence-electron chi connectivity index (χ3n) is 3.99. The number of piperazine rings is 1. The van der Waals surface area contributed by atoms with Gasteiger partial charge in [0.05, 0.1) is 6.20 Å². The zero-order valence-corrected chi connectivity index (χ0v) is 13.7. The molecule has 1 aromatic carbocycles. The summed E-state index contributed by atoms with van der Waals surface area (Å²) in [5, 5.41) is 11.5. The van der Waals surface area contributed by atoms with Crippen molar-refractivity contribution in [1.29, 1.82) is 0 Å². The van der Waals surface area contributed by atoms with Gasteiger partial charge in [0.15, 0.2) is 5.82 Å². The minimum atomic E-state index is 0.634. The van der Waals surface area contributed by atoms with Gasteiger partial charge in [-0.1, -0.05) is 18.2 Å². The van der Waals surface area contributed by atoms with Crippen LogP contribution in [0.4, 0.5) is 23.4 Å². The average molecular weight is 334 g/mol. The van der Waals surface area contributed by atoms with Crippen molar-refractivity contribution < 1.29 is 0 Å². The first-order chi connectivity index (χ1) is 12.4. The van der Waals surface area contributed by atoms with Crippen molar-refractivity contribution in [2.75, 3.05) is 41.3 Å². The van der Waals surface area contributed by atoms with Crippen LogP contribution in [0.15, 0.2) is 55.0 Å². The molecule has 0 saturated carbocycles. The lowest BCUT2D eigenvalue weighted by atomic mass is 10.3. The maximum atomic E-state index is 4.58. The molecule has 1 fully saturated rings. The summed E-state index contributed by atoms with van der Waals surface area (Å²) in [6, 6.07) is 11.7. The first-order valence-corrected chi connectivity index (χ1v) is 8.17. The van der Waals surface area contributed by atoms with Crippen LogP contribution in [0.3, 0.4) is 0 Å². The van der Waals surface area contributed by atoms with E-state index in [2.05, 4.69) is 40.3 Å². The number of nitrogens with one attached hydrogen (secondary N) is 1. The van der Waals surface area contributed by atoms with Gasteiger partial charge in [0.1, 0.15) is 0 Å². The van der Waals surface area contributed by atoms with Crippen LogP contribution in [-0.4, -0.2) is 51.3 Å². The maximum absolute atomic E-state index is 4.58. The molecule has 0 amide bonds. The standard InChI is InChI=1S/C17H18N8/c1-2-5-14(6-3-1)21-15-13-20-23-17(22-15)25-11-9-24(10-12-25)16-18-7-4-8-19-16/h1-8,13H,9-12H2,(H,21,22,23). The molecule has 25 heavy (non-hydrogen) atoms. The van der Waals surface area contributed by atoms with Crippen LogP contribution in [0.2, 0.25) is 0 Å². The topological polar surface area (TPSA) is 83.0 Å². The summed E-state index contributed by atoms with van der Waals surface area (Å²) in [5.74, 6) is 2.08. The molecule has 0 unspecified atom stereocenters. The quantitative estimate of drug-likeness (QED) is 0.772. The number of aromatic nitrogens is 5. The van der Waals surface area contributed by atoms with Crippen molar-refractivity contribution in [3.63, 3.8) is 0 Å². The predicted octanol–water partition coefficient (Wildman–Crippen LogP) is 1.73. The van der Waals surface area contributed by atoms with E-state index in [1.807, 2.05) is 36.4 Å². The molecule has 0 bridgehead atoms. The van der Waals surface area contributed by atoms with Crippen molar-refractivity contribution in [3.8, 4) is 0 Å². The Bertz CT molecular complexity index is 803. The molecule has 126 valence electrons. The zero-order valence-electron chi connectivity index (χ0n) is 13.7. The molecule has 0 aliphatic carbocycles. The van der Waals surface area contributed by atoms with E-state index in [-0.39, 0.29) is 0 Å². The first-order valence-electron chi connectivity index (χ1n) is 8.17. The molecule has 3 heterocycles. The second-order valence-electron chi connectivity index (χ2n) is 5.66. The fourth-order valence-electron chi connectivity index (χ4n) is 2.72. The fourth-order valence-corrected chi connectivity index (χ4v) is 2.72. The second kappa shape index (κ2) is 7.08. The largest absolute Gasteiger partial charge is 0.339 e. The van der Waals surface area contributed by atoms with Crippen molar-refractivity contribution in [2.24, 2.45) is 0 Å². The van der Waals surface area contributed by atoms with Crippen LogP contribution in [0.1, 0.15) is 0 Å². The molecule has 8 nitrogen and oxygen atoms in total. The van der Waals surface area contributed by atoms with Gasteiger partial charge in [-0.3, -0.25) is 0 Å². The Hall–Kier alpha value is -3.29. The van der Waals surface area contributed by atoms with Gasteiger partial charge in [-0.05, 0) is 18.2 Å². The lowest BCUT2D eigenvalue weighted by molar-refractivity contribution is 0.624. The molecule has 1 N–H and O–H groups in total. The summed E-state index contributed by atoms with van der Waals surface area (Å²) in [7, 11) is 0. The van der Waals surface area contributed by atoms with Gasteiger partial charge in [-0.25, -0.2) is 9.97 Å². The number of nitrogens with zero attached hydrogens (tertiary/aromatic N) is 7. The Morgan fingerprint density at radius 3 is 2.20 bits per heavy atom. The average Bonchev–Trinajstić information content (AvgIpc) is 2.70. The molecule has 0 atom stereocenters. The fraction of sp³-hybridized carbons (Fsp3) is 0.235. The monoisotopic (exact) mass is 334 g/mol. The van der Waals surface area contributed by atoms with Crippen molar-refractivity contribution in [1.82, 2.24) is 25.1 Å². The van der Waals surface area contributed by atoms with Gasteiger partial charge >= 0.3 is 0 Å². The van der Waals surface area contributed by atoms with Gasteiger partial charge < -0.3 is 15.1 Å². The normalized spacial score (nSPS) is 14.4. The summed E-state index contributed by atoms with van der Waals surface area (Å²) in [6.45, 7) is 3.25. The number of benzene rings is 1. The van der Waals surface area contributed by atoms with Crippen LogP contribution in [-0.2, 0) is 0 Å². The van der Waals surface area contributed by atoms with Gasteiger partial charge in [0.2, 0.25) is 11.9 Å². The number of anilines is 4. The Morgan fingerprint density at radius 1 is 0.800 bits per heavy atom. The molecule has 3 aromatic rings. The van der Waals surface area contributed by atoms with Gasteiger partial charge in [-0.2, -0.15) is 10.1 Å². The molecule has 0 spiro atoms. The first kappa shape index (κ1) is 15.3.